The first kappa shape index (κ1) is 13.5. The molecule has 0 fully saturated rings. The minimum atomic E-state index is 0.0969. The molecule has 100 valence electrons. The molecule has 0 N–H and O–H groups in total. The lowest BCUT2D eigenvalue weighted by atomic mass is 10.0. The molecular formula is C15H19N3O. The van der Waals surface area contributed by atoms with E-state index in [2.05, 4.69) is 10.1 Å². The molecule has 0 aliphatic carbocycles. The number of ketones is 1. The zero-order valence-corrected chi connectivity index (χ0v) is 11.9. The predicted molar refractivity (Wildman–Crippen MR) is 74.4 cm³/mol. The fourth-order valence-corrected chi connectivity index (χ4v) is 2.26. The largest absolute Gasteiger partial charge is 0.294 e. The minimum absolute atomic E-state index is 0.0969. The van der Waals surface area contributed by atoms with Gasteiger partial charge in [-0.3, -0.25) is 14.5 Å². The molecule has 0 spiro atoms. The van der Waals surface area contributed by atoms with Crippen LogP contribution >= 0.6 is 0 Å². The predicted octanol–water partition coefficient (Wildman–Crippen LogP) is 2.65. The SMILES string of the molecule is CCn1nc(C)cc1CC(=O)c1ccc(C)nc1C. The van der Waals surface area contributed by atoms with E-state index in [1.807, 2.05) is 50.6 Å². The van der Waals surface area contributed by atoms with E-state index in [1.165, 1.54) is 0 Å². The van der Waals surface area contributed by atoms with Gasteiger partial charge in [-0.15, -0.1) is 0 Å². The number of hydrogen-bond donors (Lipinski definition) is 0. The van der Waals surface area contributed by atoms with Crippen molar-refractivity contribution in [2.75, 3.05) is 0 Å². The standard InChI is InChI=1S/C15H19N3O/c1-5-18-13(8-11(3)17-18)9-15(19)14-7-6-10(2)16-12(14)4/h6-8H,5,9H2,1-4H3. The Balaban J connectivity index is 2.25. The zero-order chi connectivity index (χ0) is 14.0. The van der Waals surface area contributed by atoms with Gasteiger partial charge in [-0.25, -0.2) is 0 Å². The molecule has 0 bridgehead atoms. The number of carbonyl (C=O) groups is 1. The molecule has 2 rings (SSSR count). The Morgan fingerprint density at radius 3 is 2.58 bits per heavy atom. The molecule has 19 heavy (non-hydrogen) atoms. The molecule has 4 heteroatoms. The average Bonchev–Trinajstić information content (AvgIpc) is 2.69. The van der Waals surface area contributed by atoms with Gasteiger partial charge in [0.1, 0.15) is 0 Å². The number of aromatic nitrogens is 3. The average molecular weight is 257 g/mol. The van der Waals surface area contributed by atoms with E-state index in [0.717, 1.165) is 29.3 Å². The van der Waals surface area contributed by atoms with Gasteiger partial charge < -0.3 is 0 Å². The maximum Gasteiger partial charge on any atom is 0.170 e. The first-order valence-electron chi connectivity index (χ1n) is 6.52. The molecule has 0 unspecified atom stereocenters. The number of nitrogens with zero attached hydrogens (tertiary/aromatic N) is 3. The highest BCUT2D eigenvalue weighted by atomic mass is 16.1. The van der Waals surface area contributed by atoms with Crippen LogP contribution in [0.3, 0.4) is 0 Å². The second-order valence-electron chi connectivity index (χ2n) is 4.78. The van der Waals surface area contributed by atoms with Crippen molar-refractivity contribution in [3.63, 3.8) is 0 Å². The monoisotopic (exact) mass is 257 g/mol. The summed E-state index contributed by atoms with van der Waals surface area (Å²) in [6.07, 6.45) is 0.375. The topological polar surface area (TPSA) is 47.8 Å². The number of rotatable bonds is 4. The normalized spacial score (nSPS) is 10.7. The van der Waals surface area contributed by atoms with Crippen molar-refractivity contribution in [2.24, 2.45) is 0 Å². The van der Waals surface area contributed by atoms with Crippen molar-refractivity contribution in [2.45, 2.75) is 40.7 Å². The van der Waals surface area contributed by atoms with Gasteiger partial charge in [0.15, 0.2) is 5.78 Å². The molecule has 0 aliphatic heterocycles. The maximum absolute atomic E-state index is 12.3. The van der Waals surface area contributed by atoms with Crippen molar-refractivity contribution in [1.82, 2.24) is 14.8 Å². The molecule has 2 aromatic heterocycles. The third-order valence-electron chi connectivity index (χ3n) is 3.15. The van der Waals surface area contributed by atoms with Gasteiger partial charge in [0.25, 0.3) is 0 Å². The Hall–Kier alpha value is -1.97. The van der Waals surface area contributed by atoms with Crippen LogP contribution < -0.4 is 0 Å². The number of Topliss-reactive ketones (excluding diaryl/α,β-unsaturated/α-hetero) is 1. The minimum Gasteiger partial charge on any atom is -0.294 e. The molecule has 0 atom stereocenters. The van der Waals surface area contributed by atoms with Crippen molar-refractivity contribution < 1.29 is 4.79 Å². The zero-order valence-electron chi connectivity index (χ0n) is 11.9. The molecule has 2 aromatic rings. The third-order valence-corrected chi connectivity index (χ3v) is 3.15. The second kappa shape index (κ2) is 5.34. The van der Waals surface area contributed by atoms with Gasteiger partial charge >= 0.3 is 0 Å². The lowest BCUT2D eigenvalue weighted by Crippen LogP contribution is -2.11. The van der Waals surface area contributed by atoms with Crippen molar-refractivity contribution in [3.8, 4) is 0 Å². The van der Waals surface area contributed by atoms with Gasteiger partial charge in [0.2, 0.25) is 0 Å². The van der Waals surface area contributed by atoms with E-state index in [0.29, 0.717) is 12.0 Å². The Kier molecular flexibility index (Phi) is 3.79. The summed E-state index contributed by atoms with van der Waals surface area (Å²) in [6.45, 7) is 8.55. The Bertz CT molecular complexity index is 614. The van der Waals surface area contributed by atoms with Crippen LogP contribution in [0.15, 0.2) is 18.2 Å². The summed E-state index contributed by atoms with van der Waals surface area (Å²) >= 11 is 0. The highest BCUT2D eigenvalue weighted by molar-refractivity contribution is 5.98. The van der Waals surface area contributed by atoms with Gasteiger partial charge in [0, 0.05) is 29.2 Å². The summed E-state index contributed by atoms with van der Waals surface area (Å²) < 4.78 is 1.88. The molecule has 0 saturated heterocycles. The van der Waals surface area contributed by atoms with Crippen LogP contribution in [0.5, 0.6) is 0 Å². The van der Waals surface area contributed by atoms with Crippen LogP contribution in [0.2, 0.25) is 0 Å². The molecule has 0 aromatic carbocycles. The number of pyridine rings is 1. The lowest BCUT2D eigenvalue weighted by Gasteiger charge is -2.06. The van der Waals surface area contributed by atoms with Gasteiger partial charge in [0.05, 0.1) is 12.1 Å². The first-order valence-corrected chi connectivity index (χ1v) is 6.52. The van der Waals surface area contributed by atoms with E-state index in [-0.39, 0.29) is 5.78 Å². The number of carbonyl (C=O) groups excluding carboxylic acids is 1. The third kappa shape index (κ3) is 2.89. The van der Waals surface area contributed by atoms with Crippen LogP contribution in [0.25, 0.3) is 0 Å². The summed E-state index contributed by atoms with van der Waals surface area (Å²) in [4.78, 5) is 16.7. The fourth-order valence-electron chi connectivity index (χ4n) is 2.26. The van der Waals surface area contributed by atoms with Crippen LogP contribution in [0, 0.1) is 20.8 Å². The quantitative estimate of drug-likeness (QED) is 0.791. The summed E-state index contributed by atoms with van der Waals surface area (Å²) in [7, 11) is 0. The molecule has 2 heterocycles. The van der Waals surface area contributed by atoms with E-state index >= 15 is 0 Å². The van der Waals surface area contributed by atoms with Crippen molar-refractivity contribution in [3.05, 3.63) is 46.5 Å². The van der Waals surface area contributed by atoms with Crippen molar-refractivity contribution >= 4 is 5.78 Å². The molecule has 4 nitrogen and oxygen atoms in total. The molecular weight excluding hydrogens is 238 g/mol. The van der Waals surface area contributed by atoms with Crippen LogP contribution in [0.4, 0.5) is 0 Å². The van der Waals surface area contributed by atoms with Crippen molar-refractivity contribution in [1.29, 1.82) is 0 Å². The fraction of sp³-hybridized carbons (Fsp3) is 0.400. The highest BCUT2D eigenvalue weighted by Gasteiger charge is 2.14. The second-order valence-corrected chi connectivity index (χ2v) is 4.78. The molecule has 0 aliphatic rings. The first-order chi connectivity index (χ1) is 9.01. The van der Waals surface area contributed by atoms with E-state index < -0.39 is 0 Å². The van der Waals surface area contributed by atoms with Gasteiger partial charge in [-0.05, 0) is 45.9 Å². The van der Waals surface area contributed by atoms with Gasteiger partial charge in [-0.1, -0.05) is 0 Å². The van der Waals surface area contributed by atoms with Gasteiger partial charge in [-0.2, -0.15) is 5.10 Å². The Labute approximate surface area is 113 Å². The lowest BCUT2D eigenvalue weighted by molar-refractivity contribution is 0.0989. The van der Waals surface area contributed by atoms with E-state index in [4.69, 9.17) is 0 Å². The Morgan fingerprint density at radius 2 is 1.95 bits per heavy atom. The van der Waals surface area contributed by atoms with Crippen LogP contribution in [-0.4, -0.2) is 20.5 Å². The Morgan fingerprint density at radius 1 is 1.21 bits per heavy atom. The summed E-state index contributed by atoms with van der Waals surface area (Å²) in [5.74, 6) is 0.0969. The summed E-state index contributed by atoms with van der Waals surface area (Å²) in [6, 6.07) is 5.71. The molecule has 0 saturated carbocycles. The van der Waals surface area contributed by atoms with Crippen LogP contribution in [0.1, 0.15) is 40.1 Å². The maximum atomic E-state index is 12.3. The van der Waals surface area contributed by atoms with Crippen LogP contribution in [-0.2, 0) is 13.0 Å². The highest BCUT2D eigenvalue weighted by Crippen LogP contribution is 2.12. The van der Waals surface area contributed by atoms with E-state index in [9.17, 15) is 4.79 Å². The summed E-state index contributed by atoms with van der Waals surface area (Å²) in [5, 5.41) is 4.36. The summed E-state index contributed by atoms with van der Waals surface area (Å²) in [5.41, 5.74) is 4.34. The molecule has 0 amide bonds. The number of hydrogen-bond acceptors (Lipinski definition) is 3. The number of aryl methyl sites for hydroxylation is 4. The van der Waals surface area contributed by atoms with E-state index in [1.54, 1.807) is 0 Å². The smallest absolute Gasteiger partial charge is 0.170 e. The molecule has 0 radical (unpaired) electrons.